The van der Waals surface area contributed by atoms with Crippen LogP contribution in [0.3, 0.4) is 0 Å². The van der Waals surface area contributed by atoms with Crippen molar-refractivity contribution in [3.05, 3.63) is 18.2 Å². The van der Waals surface area contributed by atoms with Gasteiger partial charge in [-0.2, -0.15) is 0 Å². The van der Waals surface area contributed by atoms with Gasteiger partial charge >= 0.3 is 6.09 Å². The lowest BCUT2D eigenvalue weighted by molar-refractivity contribution is 0.0204. The fourth-order valence-electron chi connectivity index (χ4n) is 2.84. The molecular formula is C18H33N3O3Si. The van der Waals surface area contributed by atoms with Crippen LogP contribution in [0.25, 0.3) is 0 Å². The van der Waals surface area contributed by atoms with Crippen LogP contribution in [0.5, 0.6) is 0 Å². The summed E-state index contributed by atoms with van der Waals surface area (Å²) in [5.74, 6) is 0.886. The molecule has 0 unspecified atom stereocenters. The topological polar surface area (TPSA) is 56.6 Å². The second-order valence-corrected chi connectivity index (χ2v) is 14.6. The third-order valence-corrected chi connectivity index (χ3v) is 5.86. The van der Waals surface area contributed by atoms with Crippen LogP contribution in [0, 0.1) is 0 Å². The van der Waals surface area contributed by atoms with Gasteiger partial charge < -0.3 is 14.0 Å². The van der Waals surface area contributed by atoms with Crippen molar-refractivity contribution in [2.45, 2.75) is 77.7 Å². The zero-order chi connectivity index (χ0) is 18.7. The average molecular weight is 368 g/mol. The largest absolute Gasteiger partial charge is 0.444 e. The van der Waals surface area contributed by atoms with E-state index >= 15 is 0 Å². The molecule has 1 saturated heterocycles. The number of likely N-dealkylation sites (tertiary alicyclic amines) is 1. The number of aromatic nitrogens is 2. The lowest BCUT2D eigenvalue weighted by Gasteiger charge is -2.28. The van der Waals surface area contributed by atoms with Crippen LogP contribution in [0.1, 0.15) is 45.5 Å². The van der Waals surface area contributed by atoms with Crippen molar-refractivity contribution >= 4 is 14.2 Å². The molecule has 1 fully saturated rings. The van der Waals surface area contributed by atoms with Gasteiger partial charge in [0.15, 0.2) is 0 Å². The molecule has 1 atom stereocenters. The molecule has 1 aliphatic rings. The number of ether oxygens (including phenoxy) is 2. The van der Waals surface area contributed by atoms with Gasteiger partial charge in [-0.15, -0.1) is 0 Å². The van der Waals surface area contributed by atoms with E-state index in [9.17, 15) is 4.79 Å². The van der Waals surface area contributed by atoms with Crippen molar-refractivity contribution in [3.63, 3.8) is 0 Å². The molecule has 0 aromatic carbocycles. The Balaban J connectivity index is 1.98. The summed E-state index contributed by atoms with van der Waals surface area (Å²) in [5, 5.41) is 0. The van der Waals surface area contributed by atoms with E-state index < -0.39 is 13.7 Å². The maximum atomic E-state index is 12.5. The molecule has 0 saturated carbocycles. The summed E-state index contributed by atoms with van der Waals surface area (Å²) in [6.45, 7) is 14.7. The van der Waals surface area contributed by atoms with Crippen LogP contribution >= 0.6 is 0 Å². The Morgan fingerprint density at radius 3 is 2.72 bits per heavy atom. The van der Waals surface area contributed by atoms with Crippen molar-refractivity contribution in [1.82, 2.24) is 14.5 Å². The van der Waals surface area contributed by atoms with Gasteiger partial charge in [-0.3, -0.25) is 4.90 Å². The van der Waals surface area contributed by atoms with Gasteiger partial charge in [-0.1, -0.05) is 19.6 Å². The highest BCUT2D eigenvalue weighted by atomic mass is 28.3. The molecule has 0 N–H and O–H groups in total. The van der Waals surface area contributed by atoms with Gasteiger partial charge in [-0.05, 0) is 39.7 Å². The van der Waals surface area contributed by atoms with Gasteiger partial charge in [0.2, 0.25) is 0 Å². The third-order valence-electron chi connectivity index (χ3n) is 4.15. The molecule has 1 aromatic heterocycles. The molecule has 0 spiro atoms. The van der Waals surface area contributed by atoms with Crippen molar-refractivity contribution in [2.24, 2.45) is 0 Å². The Hall–Kier alpha value is -1.34. The molecule has 25 heavy (non-hydrogen) atoms. The van der Waals surface area contributed by atoms with E-state index in [1.807, 2.05) is 31.5 Å². The van der Waals surface area contributed by atoms with Gasteiger partial charge in [0.1, 0.15) is 18.2 Å². The smallest absolute Gasteiger partial charge is 0.410 e. The Morgan fingerprint density at radius 1 is 1.36 bits per heavy atom. The Labute approximate surface area is 152 Å². The van der Waals surface area contributed by atoms with Crippen LogP contribution in [0.15, 0.2) is 12.4 Å². The van der Waals surface area contributed by atoms with Gasteiger partial charge in [0.25, 0.3) is 0 Å². The standard InChI is InChI=1S/C18H33N3O3Si/c1-18(2,3)24-17(22)21-10-7-8-15(21)16-19-9-11-20(16)14-23-12-13-25(4,5)6/h9,11,15H,7-8,10,12-14H2,1-6H3/t15-/m0/s1. The average Bonchev–Trinajstić information content (AvgIpc) is 3.09. The normalized spacial score (nSPS) is 18.6. The van der Waals surface area contributed by atoms with Crippen molar-refractivity contribution in [2.75, 3.05) is 13.2 Å². The molecule has 7 heteroatoms. The zero-order valence-corrected chi connectivity index (χ0v) is 17.5. The minimum Gasteiger partial charge on any atom is -0.444 e. The van der Waals surface area contributed by atoms with Gasteiger partial charge in [0.05, 0.1) is 6.04 Å². The molecule has 2 rings (SSSR count). The molecular weight excluding hydrogens is 334 g/mol. The van der Waals surface area contributed by atoms with Crippen LogP contribution in [0.2, 0.25) is 25.7 Å². The molecule has 1 amide bonds. The van der Waals surface area contributed by atoms with Crippen molar-refractivity contribution in [3.8, 4) is 0 Å². The highest BCUT2D eigenvalue weighted by Crippen LogP contribution is 2.32. The van der Waals surface area contributed by atoms with Crippen LogP contribution in [-0.2, 0) is 16.2 Å². The van der Waals surface area contributed by atoms with Crippen LogP contribution in [0.4, 0.5) is 4.79 Å². The lowest BCUT2D eigenvalue weighted by atomic mass is 10.2. The van der Waals surface area contributed by atoms with E-state index in [0.29, 0.717) is 13.3 Å². The number of nitrogens with zero attached hydrogens (tertiary/aromatic N) is 3. The van der Waals surface area contributed by atoms with Crippen molar-refractivity contribution in [1.29, 1.82) is 0 Å². The second-order valence-electron chi connectivity index (χ2n) is 8.93. The Kier molecular flexibility index (Phi) is 6.32. The summed E-state index contributed by atoms with van der Waals surface area (Å²) in [6.07, 6.45) is 5.32. The molecule has 1 aromatic rings. The first-order chi connectivity index (χ1) is 11.6. The second kappa shape index (κ2) is 7.91. The monoisotopic (exact) mass is 367 g/mol. The van der Waals surface area contributed by atoms with E-state index in [1.165, 1.54) is 0 Å². The number of carbonyl (C=O) groups excluding carboxylic acids is 1. The minimum absolute atomic E-state index is 0.0366. The Bertz CT molecular complexity index is 575. The predicted molar refractivity (Wildman–Crippen MR) is 101 cm³/mol. The van der Waals surface area contributed by atoms with E-state index in [2.05, 4.69) is 24.6 Å². The molecule has 1 aliphatic heterocycles. The summed E-state index contributed by atoms with van der Waals surface area (Å²) < 4.78 is 13.4. The fourth-order valence-corrected chi connectivity index (χ4v) is 3.60. The highest BCUT2D eigenvalue weighted by molar-refractivity contribution is 6.76. The summed E-state index contributed by atoms with van der Waals surface area (Å²) >= 11 is 0. The fraction of sp³-hybridized carbons (Fsp3) is 0.778. The molecule has 0 aliphatic carbocycles. The Morgan fingerprint density at radius 2 is 2.08 bits per heavy atom. The first kappa shape index (κ1) is 20.0. The zero-order valence-electron chi connectivity index (χ0n) is 16.5. The van der Waals surface area contributed by atoms with Crippen molar-refractivity contribution < 1.29 is 14.3 Å². The number of rotatable bonds is 6. The summed E-state index contributed by atoms with van der Waals surface area (Å²) in [6, 6.07) is 1.11. The molecule has 0 bridgehead atoms. The van der Waals surface area contributed by atoms with E-state index in [1.54, 1.807) is 11.1 Å². The molecule has 142 valence electrons. The molecule has 0 radical (unpaired) electrons. The summed E-state index contributed by atoms with van der Waals surface area (Å²) in [4.78, 5) is 18.8. The van der Waals surface area contributed by atoms with E-state index in [4.69, 9.17) is 9.47 Å². The minimum atomic E-state index is -1.09. The molecule has 6 nitrogen and oxygen atoms in total. The number of hydrogen-bond acceptors (Lipinski definition) is 4. The van der Waals surface area contributed by atoms with Gasteiger partial charge in [-0.25, -0.2) is 9.78 Å². The first-order valence-corrected chi connectivity index (χ1v) is 12.9. The molecule has 2 heterocycles. The number of amides is 1. The lowest BCUT2D eigenvalue weighted by Crippen LogP contribution is -2.37. The summed E-state index contributed by atoms with van der Waals surface area (Å²) in [7, 11) is -1.09. The van der Waals surface area contributed by atoms with Crippen LogP contribution < -0.4 is 0 Å². The number of carbonyl (C=O) groups is 1. The van der Waals surface area contributed by atoms with Gasteiger partial charge in [0, 0.05) is 33.6 Å². The van der Waals surface area contributed by atoms with E-state index in [0.717, 1.165) is 31.3 Å². The SMILES string of the molecule is CC(C)(C)OC(=O)N1CCC[C@H]1c1nccn1COCC[Si](C)(C)C. The maximum absolute atomic E-state index is 12.5. The predicted octanol–water partition coefficient (Wildman–Crippen LogP) is 4.27. The number of imidazole rings is 1. The quantitative estimate of drug-likeness (QED) is 0.556. The third kappa shape index (κ3) is 6.15. The maximum Gasteiger partial charge on any atom is 0.410 e. The number of hydrogen-bond donors (Lipinski definition) is 0. The van der Waals surface area contributed by atoms with Crippen LogP contribution in [-0.4, -0.2) is 47.4 Å². The summed E-state index contributed by atoms with van der Waals surface area (Å²) in [5.41, 5.74) is -0.487. The first-order valence-electron chi connectivity index (χ1n) is 9.15. The van der Waals surface area contributed by atoms with E-state index in [-0.39, 0.29) is 12.1 Å². The highest BCUT2D eigenvalue weighted by Gasteiger charge is 2.35.